The van der Waals surface area contributed by atoms with Gasteiger partial charge in [-0.15, -0.1) is 0 Å². The molecule has 168 valence electrons. The maximum absolute atomic E-state index is 14.7. The summed E-state index contributed by atoms with van der Waals surface area (Å²) in [7, 11) is 0. The van der Waals surface area contributed by atoms with Crippen LogP contribution in [0.1, 0.15) is 63.1 Å². The van der Waals surface area contributed by atoms with E-state index in [4.69, 9.17) is 19.5 Å². The van der Waals surface area contributed by atoms with Crippen LogP contribution in [0.4, 0.5) is 9.18 Å². The predicted octanol–water partition coefficient (Wildman–Crippen LogP) is 5.46. The van der Waals surface area contributed by atoms with Crippen LogP contribution in [0.3, 0.4) is 0 Å². The van der Waals surface area contributed by atoms with Gasteiger partial charge in [-0.05, 0) is 63.8 Å². The molecule has 0 N–H and O–H groups in total. The minimum absolute atomic E-state index is 0.181. The molecule has 1 unspecified atom stereocenters. The quantitative estimate of drug-likeness (QED) is 0.623. The molecule has 4 rings (SSSR count). The number of fused-ring (bicyclic) bond motifs is 1. The van der Waals surface area contributed by atoms with Gasteiger partial charge in [-0.3, -0.25) is 0 Å². The van der Waals surface area contributed by atoms with Crippen LogP contribution in [0, 0.1) is 17.1 Å². The van der Waals surface area contributed by atoms with Crippen LogP contribution >= 0.6 is 0 Å². The number of rotatable bonds is 2. The molecular formula is C25H27FN2O4. The van der Waals surface area contributed by atoms with Gasteiger partial charge in [0.15, 0.2) is 11.5 Å². The molecule has 2 aromatic carbocycles. The number of hydrogen-bond acceptors (Lipinski definition) is 5. The second kappa shape index (κ2) is 8.01. The van der Waals surface area contributed by atoms with Crippen molar-refractivity contribution < 1.29 is 23.4 Å². The summed E-state index contributed by atoms with van der Waals surface area (Å²) in [6.07, 6.45) is 1.24. The van der Waals surface area contributed by atoms with E-state index in [1.165, 1.54) is 12.1 Å². The van der Waals surface area contributed by atoms with Gasteiger partial charge in [0.25, 0.3) is 5.79 Å². The third-order valence-electron chi connectivity index (χ3n) is 5.78. The fourth-order valence-electron chi connectivity index (χ4n) is 4.23. The van der Waals surface area contributed by atoms with Crippen molar-refractivity contribution in [2.45, 2.75) is 57.8 Å². The first-order valence-corrected chi connectivity index (χ1v) is 10.8. The number of amides is 1. The van der Waals surface area contributed by atoms with E-state index in [1.54, 1.807) is 17.9 Å². The highest BCUT2D eigenvalue weighted by Gasteiger charge is 2.43. The Balaban J connectivity index is 1.51. The summed E-state index contributed by atoms with van der Waals surface area (Å²) >= 11 is 0. The lowest BCUT2D eigenvalue weighted by atomic mass is 9.89. The average Bonchev–Trinajstić information content (AvgIpc) is 3.09. The van der Waals surface area contributed by atoms with E-state index in [0.29, 0.717) is 24.6 Å². The number of carbonyl (C=O) groups excluding carboxylic acids is 1. The van der Waals surface area contributed by atoms with Crippen molar-refractivity contribution in [3.05, 3.63) is 58.9 Å². The highest BCUT2D eigenvalue weighted by molar-refractivity contribution is 5.68. The molecule has 1 fully saturated rings. The minimum atomic E-state index is -1.33. The van der Waals surface area contributed by atoms with E-state index < -0.39 is 17.2 Å². The lowest BCUT2D eigenvalue weighted by Crippen LogP contribution is -2.41. The van der Waals surface area contributed by atoms with Gasteiger partial charge in [0.05, 0.1) is 17.2 Å². The monoisotopic (exact) mass is 438 g/mol. The highest BCUT2D eigenvalue weighted by Crippen LogP contribution is 2.49. The van der Waals surface area contributed by atoms with Crippen molar-refractivity contribution in [3.8, 4) is 17.6 Å². The van der Waals surface area contributed by atoms with E-state index in [2.05, 4.69) is 0 Å². The maximum Gasteiger partial charge on any atom is 0.410 e. The number of nitrogens with zero attached hydrogens (tertiary/aromatic N) is 2. The Labute approximate surface area is 187 Å². The maximum atomic E-state index is 14.7. The van der Waals surface area contributed by atoms with Gasteiger partial charge < -0.3 is 19.1 Å². The molecular weight excluding hydrogens is 411 g/mol. The average molecular weight is 438 g/mol. The molecule has 1 amide bonds. The minimum Gasteiger partial charge on any atom is -0.444 e. The Morgan fingerprint density at radius 3 is 2.56 bits per heavy atom. The summed E-state index contributed by atoms with van der Waals surface area (Å²) in [4.78, 5) is 14.1. The molecule has 0 saturated carbocycles. The molecule has 0 spiro atoms. The molecule has 0 aromatic heterocycles. The third-order valence-corrected chi connectivity index (χ3v) is 5.78. The first kappa shape index (κ1) is 21.9. The van der Waals surface area contributed by atoms with Crippen molar-refractivity contribution in [2.24, 2.45) is 0 Å². The third kappa shape index (κ3) is 4.22. The molecule has 32 heavy (non-hydrogen) atoms. The number of benzene rings is 2. The number of carbonyl (C=O) groups is 1. The summed E-state index contributed by atoms with van der Waals surface area (Å²) in [5, 5.41) is 9.00. The molecule has 2 heterocycles. The van der Waals surface area contributed by atoms with E-state index in [0.717, 1.165) is 18.4 Å². The molecule has 2 aliphatic heterocycles. The summed E-state index contributed by atoms with van der Waals surface area (Å²) in [6, 6.07) is 11.9. The van der Waals surface area contributed by atoms with Crippen molar-refractivity contribution in [1.82, 2.24) is 4.90 Å². The number of hydrogen-bond donors (Lipinski definition) is 0. The van der Waals surface area contributed by atoms with Crippen LogP contribution in [0.5, 0.6) is 11.5 Å². The molecule has 6 nitrogen and oxygen atoms in total. The fourth-order valence-corrected chi connectivity index (χ4v) is 4.23. The zero-order valence-electron chi connectivity index (χ0n) is 18.8. The van der Waals surface area contributed by atoms with Gasteiger partial charge in [-0.25, -0.2) is 9.18 Å². The van der Waals surface area contributed by atoms with Crippen molar-refractivity contribution in [2.75, 3.05) is 13.1 Å². The van der Waals surface area contributed by atoms with Gasteiger partial charge >= 0.3 is 6.09 Å². The first-order chi connectivity index (χ1) is 15.1. The highest BCUT2D eigenvalue weighted by atomic mass is 19.1. The first-order valence-electron chi connectivity index (χ1n) is 10.8. The Morgan fingerprint density at radius 1 is 1.22 bits per heavy atom. The van der Waals surface area contributed by atoms with Crippen LogP contribution in [-0.2, 0) is 10.5 Å². The van der Waals surface area contributed by atoms with Crippen molar-refractivity contribution >= 4 is 6.09 Å². The molecule has 0 radical (unpaired) electrons. The lowest BCUT2D eigenvalue weighted by molar-refractivity contribution is -0.0711. The normalized spacial score (nSPS) is 20.7. The van der Waals surface area contributed by atoms with Crippen LogP contribution in [0.2, 0.25) is 0 Å². The number of para-hydroxylation sites is 1. The van der Waals surface area contributed by atoms with Gasteiger partial charge in [-0.1, -0.05) is 12.1 Å². The van der Waals surface area contributed by atoms with Gasteiger partial charge in [0.1, 0.15) is 11.4 Å². The van der Waals surface area contributed by atoms with E-state index in [9.17, 15) is 9.18 Å². The number of piperidine rings is 1. The van der Waals surface area contributed by atoms with Crippen molar-refractivity contribution in [1.29, 1.82) is 5.26 Å². The SMILES string of the molecule is CC(C)(C)OC(=O)N1CCC(c2cccc3c2OC(C)(c2ccc(C#N)cc2F)O3)CC1. The second-order valence-electron chi connectivity index (χ2n) is 9.37. The largest absolute Gasteiger partial charge is 0.444 e. The zero-order valence-corrected chi connectivity index (χ0v) is 18.8. The van der Waals surface area contributed by atoms with Gasteiger partial charge in [-0.2, -0.15) is 5.26 Å². The molecule has 0 bridgehead atoms. The van der Waals surface area contributed by atoms with E-state index >= 15 is 0 Å². The summed E-state index contributed by atoms with van der Waals surface area (Å²) < 4.78 is 32.4. The molecule has 1 atom stereocenters. The van der Waals surface area contributed by atoms with Crippen LogP contribution in [0.15, 0.2) is 36.4 Å². The topological polar surface area (TPSA) is 71.8 Å². The molecule has 1 saturated heterocycles. The number of likely N-dealkylation sites (tertiary alicyclic amines) is 1. The Bertz CT molecular complexity index is 1080. The standard InChI is InChI=1S/C25H27FN2O4/c1-24(2,3)32-23(29)28-12-10-17(11-13-28)18-6-5-7-21-22(18)31-25(4,30-21)19-9-8-16(15-27)14-20(19)26/h5-9,14,17H,10-13H2,1-4H3. The summed E-state index contributed by atoms with van der Waals surface area (Å²) in [5.41, 5.74) is 0.940. The number of halogens is 1. The van der Waals surface area contributed by atoms with Crippen molar-refractivity contribution in [3.63, 3.8) is 0 Å². The smallest absolute Gasteiger partial charge is 0.410 e. The van der Waals surface area contributed by atoms with Crippen LogP contribution in [0.25, 0.3) is 0 Å². The van der Waals surface area contributed by atoms with Gasteiger partial charge in [0.2, 0.25) is 0 Å². The lowest BCUT2D eigenvalue weighted by Gasteiger charge is -2.34. The van der Waals surface area contributed by atoms with Gasteiger partial charge in [0, 0.05) is 25.6 Å². The molecule has 2 aliphatic rings. The molecule has 2 aromatic rings. The Kier molecular flexibility index (Phi) is 5.49. The van der Waals surface area contributed by atoms with E-state index in [-0.39, 0.29) is 23.1 Å². The van der Waals surface area contributed by atoms with Crippen LogP contribution < -0.4 is 9.47 Å². The second-order valence-corrected chi connectivity index (χ2v) is 9.37. The predicted molar refractivity (Wildman–Crippen MR) is 116 cm³/mol. The van der Waals surface area contributed by atoms with E-state index in [1.807, 2.05) is 45.0 Å². The Morgan fingerprint density at radius 2 is 1.94 bits per heavy atom. The zero-order chi connectivity index (χ0) is 23.1. The number of ether oxygens (including phenoxy) is 3. The molecule has 7 heteroatoms. The van der Waals surface area contributed by atoms with Crippen LogP contribution in [-0.4, -0.2) is 29.7 Å². The Hall–Kier alpha value is -3.27. The summed E-state index contributed by atoms with van der Waals surface area (Å²) in [5.74, 6) is -0.530. The number of nitriles is 1. The summed E-state index contributed by atoms with van der Waals surface area (Å²) in [6.45, 7) is 8.42. The fraction of sp³-hybridized carbons (Fsp3) is 0.440. The molecule has 0 aliphatic carbocycles.